The van der Waals surface area contributed by atoms with E-state index in [0.717, 1.165) is 16.8 Å². The van der Waals surface area contributed by atoms with Crippen LogP contribution in [0.1, 0.15) is 17.5 Å². The van der Waals surface area contributed by atoms with E-state index in [-0.39, 0.29) is 12.3 Å². The molecule has 2 aromatic rings. The van der Waals surface area contributed by atoms with E-state index in [9.17, 15) is 9.90 Å². The number of aliphatic hydroxyl groups excluding tert-OH is 2. The lowest BCUT2D eigenvalue weighted by Crippen LogP contribution is -2.26. The number of rotatable bonds is 6. The van der Waals surface area contributed by atoms with E-state index < -0.39 is 6.10 Å². The van der Waals surface area contributed by atoms with Crippen LogP contribution in [0, 0.1) is 13.8 Å². The minimum atomic E-state index is -0.822. The smallest absolute Gasteiger partial charge is 0.349 e. The first-order valence-electron chi connectivity index (χ1n) is 7.21. The van der Waals surface area contributed by atoms with Gasteiger partial charge in [-0.2, -0.15) is 4.98 Å². The fourth-order valence-corrected chi connectivity index (χ4v) is 2.10. The number of hydrogen-bond acceptors (Lipinski definition) is 5. The van der Waals surface area contributed by atoms with Crippen molar-refractivity contribution in [2.24, 2.45) is 0 Å². The molecule has 0 aliphatic rings. The Morgan fingerprint density at radius 2 is 2.00 bits per heavy atom. The molecule has 1 heterocycles. The zero-order chi connectivity index (χ0) is 16.1. The van der Waals surface area contributed by atoms with E-state index in [1.54, 1.807) is 6.20 Å². The molecule has 3 N–H and O–H groups in total. The number of aliphatic hydroxyl groups is 2. The van der Waals surface area contributed by atoms with Crippen molar-refractivity contribution in [3.05, 3.63) is 52.1 Å². The van der Waals surface area contributed by atoms with Crippen molar-refractivity contribution in [1.82, 2.24) is 9.55 Å². The zero-order valence-electron chi connectivity index (χ0n) is 12.8. The molecule has 1 aromatic heterocycles. The number of aryl methyl sites for hydroxylation is 3. The molecule has 0 saturated carbocycles. The standard InChI is InChI=1S/C16H21N3O3/c1-11-5-3-4-6-14(11)17-15-12(2)9-19(16(22)18-15)8-7-13(21)10-20/h3-6,9,13,20-21H,7-8,10H2,1-2H3,(H,17,18,22)/t13-/m0/s1. The minimum absolute atomic E-state index is 0.308. The van der Waals surface area contributed by atoms with Gasteiger partial charge >= 0.3 is 5.69 Å². The predicted octanol–water partition coefficient (Wildman–Crippen LogP) is 1.35. The largest absolute Gasteiger partial charge is 0.394 e. The fourth-order valence-electron chi connectivity index (χ4n) is 2.10. The maximum atomic E-state index is 12.0. The van der Waals surface area contributed by atoms with Gasteiger partial charge in [-0.05, 0) is 31.9 Å². The van der Waals surface area contributed by atoms with E-state index >= 15 is 0 Å². The molecule has 6 heteroatoms. The van der Waals surface area contributed by atoms with Gasteiger partial charge in [0.05, 0.1) is 12.7 Å². The van der Waals surface area contributed by atoms with E-state index in [1.807, 2.05) is 38.1 Å². The Hall–Kier alpha value is -2.18. The molecule has 0 aliphatic carbocycles. The highest BCUT2D eigenvalue weighted by atomic mass is 16.3. The van der Waals surface area contributed by atoms with E-state index in [2.05, 4.69) is 10.3 Å². The Balaban J connectivity index is 2.20. The maximum absolute atomic E-state index is 12.0. The monoisotopic (exact) mass is 303 g/mol. The average Bonchev–Trinajstić information content (AvgIpc) is 2.51. The molecular formula is C16H21N3O3. The van der Waals surface area contributed by atoms with Gasteiger partial charge in [-0.3, -0.25) is 4.57 Å². The van der Waals surface area contributed by atoms with Gasteiger partial charge in [0.15, 0.2) is 0 Å². The summed E-state index contributed by atoms with van der Waals surface area (Å²) >= 11 is 0. The number of hydrogen-bond donors (Lipinski definition) is 3. The second-order valence-corrected chi connectivity index (χ2v) is 5.31. The summed E-state index contributed by atoms with van der Waals surface area (Å²) in [7, 11) is 0. The van der Waals surface area contributed by atoms with Gasteiger partial charge in [0.2, 0.25) is 0 Å². The van der Waals surface area contributed by atoms with Crippen LogP contribution in [0.4, 0.5) is 11.5 Å². The molecule has 0 saturated heterocycles. The van der Waals surface area contributed by atoms with Crippen molar-refractivity contribution >= 4 is 11.5 Å². The number of aromatic nitrogens is 2. The van der Waals surface area contributed by atoms with E-state index in [1.165, 1.54) is 4.57 Å². The lowest BCUT2D eigenvalue weighted by Gasteiger charge is -2.13. The van der Waals surface area contributed by atoms with Crippen molar-refractivity contribution in [3.8, 4) is 0 Å². The SMILES string of the molecule is Cc1ccccc1Nc1nc(=O)n(CC[C@H](O)CO)cc1C. The van der Waals surface area contributed by atoms with E-state index in [0.29, 0.717) is 18.8 Å². The Morgan fingerprint density at radius 1 is 1.27 bits per heavy atom. The molecule has 2 rings (SSSR count). The molecule has 1 aromatic carbocycles. The number of para-hydroxylation sites is 1. The lowest BCUT2D eigenvalue weighted by atomic mass is 10.2. The molecule has 1 atom stereocenters. The fraction of sp³-hybridized carbons (Fsp3) is 0.375. The number of nitrogens with zero attached hydrogens (tertiary/aromatic N) is 2. The molecule has 22 heavy (non-hydrogen) atoms. The first-order chi connectivity index (χ1) is 10.5. The predicted molar refractivity (Wildman–Crippen MR) is 85.4 cm³/mol. The third-order valence-corrected chi connectivity index (χ3v) is 3.49. The molecule has 118 valence electrons. The van der Waals surface area contributed by atoms with Crippen molar-refractivity contribution in [2.45, 2.75) is 32.9 Å². The van der Waals surface area contributed by atoms with Crippen LogP contribution < -0.4 is 11.0 Å². The Labute approximate surface area is 129 Å². The molecular weight excluding hydrogens is 282 g/mol. The van der Waals surface area contributed by atoms with Crippen LogP contribution in [0.25, 0.3) is 0 Å². The average molecular weight is 303 g/mol. The van der Waals surface area contributed by atoms with Gasteiger partial charge in [-0.1, -0.05) is 18.2 Å². The summed E-state index contributed by atoms with van der Waals surface area (Å²) in [5.41, 5.74) is 2.43. The van der Waals surface area contributed by atoms with E-state index in [4.69, 9.17) is 5.11 Å². The van der Waals surface area contributed by atoms with Crippen molar-refractivity contribution in [3.63, 3.8) is 0 Å². The van der Waals surface area contributed by atoms with Crippen LogP contribution >= 0.6 is 0 Å². The number of anilines is 2. The van der Waals surface area contributed by atoms with Crippen molar-refractivity contribution in [1.29, 1.82) is 0 Å². The summed E-state index contributed by atoms with van der Waals surface area (Å²) in [5.74, 6) is 0.526. The minimum Gasteiger partial charge on any atom is -0.394 e. The second-order valence-electron chi connectivity index (χ2n) is 5.31. The molecule has 0 amide bonds. The molecule has 0 bridgehead atoms. The van der Waals surface area contributed by atoms with Crippen LogP contribution in [-0.4, -0.2) is 32.5 Å². The summed E-state index contributed by atoms with van der Waals surface area (Å²) in [6, 6.07) is 7.78. The second kappa shape index (κ2) is 7.20. The molecule has 0 spiro atoms. The van der Waals surface area contributed by atoms with Gasteiger partial charge in [0.25, 0.3) is 0 Å². The summed E-state index contributed by atoms with van der Waals surface area (Å²) in [6.07, 6.45) is 1.19. The topological polar surface area (TPSA) is 87.4 Å². The van der Waals surface area contributed by atoms with Crippen LogP contribution in [0.15, 0.2) is 35.3 Å². The third kappa shape index (κ3) is 3.93. The van der Waals surface area contributed by atoms with Crippen LogP contribution in [-0.2, 0) is 6.54 Å². The Bertz CT molecular complexity index is 697. The highest BCUT2D eigenvalue weighted by Gasteiger charge is 2.08. The zero-order valence-corrected chi connectivity index (χ0v) is 12.8. The van der Waals surface area contributed by atoms with Gasteiger partial charge in [-0.15, -0.1) is 0 Å². The Morgan fingerprint density at radius 3 is 2.68 bits per heavy atom. The quantitative estimate of drug-likeness (QED) is 0.750. The van der Waals surface area contributed by atoms with Crippen molar-refractivity contribution in [2.75, 3.05) is 11.9 Å². The lowest BCUT2D eigenvalue weighted by molar-refractivity contribution is 0.0843. The van der Waals surface area contributed by atoms with Crippen LogP contribution in [0.5, 0.6) is 0 Å². The summed E-state index contributed by atoms with van der Waals surface area (Å²) in [5, 5.41) is 21.3. The maximum Gasteiger partial charge on any atom is 0.349 e. The Kier molecular flexibility index (Phi) is 5.30. The molecule has 0 radical (unpaired) electrons. The van der Waals surface area contributed by atoms with Crippen LogP contribution in [0.2, 0.25) is 0 Å². The molecule has 0 unspecified atom stereocenters. The highest BCUT2D eigenvalue weighted by Crippen LogP contribution is 2.20. The normalized spacial score (nSPS) is 12.2. The molecule has 0 aliphatic heterocycles. The third-order valence-electron chi connectivity index (χ3n) is 3.49. The summed E-state index contributed by atoms with van der Waals surface area (Å²) in [4.78, 5) is 16.1. The first-order valence-corrected chi connectivity index (χ1v) is 7.21. The first kappa shape index (κ1) is 16.2. The van der Waals surface area contributed by atoms with Gasteiger partial charge in [0, 0.05) is 24.0 Å². The summed E-state index contributed by atoms with van der Waals surface area (Å²) < 4.78 is 1.44. The van der Waals surface area contributed by atoms with Gasteiger partial charge < -0.3 is 15.5 Å². The molecule has 0 fully saturated rings. The highest BCUT2D eigenvalue weighted by molar-refractivity contribution is 5.61. The number of nitrogens with one attached hydrogen (secondary N) is 1. The van der Waals surface area contributed by atoms with Gasteiger partial charge in [0.1, 0.15) is 5.82 Å². The number of benzene rings is 1. The van der Waals surface area contributed by atoms with Gasteiger partial charge in [-0.25, -0.2) is 4.79 Å². The van der Waals surface area contributed by atoms with Crippen molar-refractivity contribution < 1.29 is 10.2 Å². The summed E-state index contributed by atoms with van der Waals surface area (Å²) in [6.45, 7) is 3.86. The molecule has 6 nitrogen and oxygen atoms in total. The van der Waals surface area contributed by atoms with Crippen LogP contribution in [0.3, 0.4) is 0 Å².